The second-order valence-corrected chi connectivity index (χ2v) is 9.84. The van der Waals surface area contributed by atoms with Gasteiger partial charge in [-0.05, 0) is 57.5 Å². The number of carbonyl (C=O) groups is 1. The molecule has 0 spiro atoms. The SMILES string of the molecule is CCOc1ccc(/C=c2/sc3n(c2=O)[C@H](c2ccccc2OC)C(C(=O)N(CC)CC)=C(C)N=3)cc1Cl. The summed E-state index contributed by atoms with van der Waals surface area (Å²) in [6.45, 7) is 9.20. The second-order valence-electron chi connectivity index (χ2n) is 8.42. The minimum Gasteiger partial charge on any atom is -0.496 e. The van der Waals surface area contributed by atoms with Gasteiger partial charge in [-0.2, -0.15) is 0 Å². The number of fused-ring (bicyclic) bond motifs is 1. The summed E-state index contributed by atoms with van der Waals surface area (Å²) in [7, 11) is 1.58. The molecule has 1 aliphatic rings. The Kier molecular flexibility index (Phi) is 8.19. The number of likely N-dealkylation sites (N-methyl/N-ethyl adjacent to an activating group) is 1. The van der Waals surface area contributed by atoms with Gasteiger partial charge < -0.3 is 14.4 Å². The van der Waals surface area contributed by atoms with Crippen LogP contribution in [0.1, 0.15) is 44.9 Å². The molecule has 0 saturated carbocycles. The molecule has 0 bridgehead atoms. The normalized spacial score (nSPS) is 15.3. The van der Waals surface area contributed by atoms with E-state index in [2.05, 4.69) is 0 Å². The van der Waals surface area contributed by atoms with Crippen LogP contribution in [0, 0.1) is 0 Å². The maximum absolute atomic E-state index is 13.9. The Hall–Kier alpha value is -3.36. The molecule has 1 aliphatic heterocycles. The van der Waals surface area contributed by atoms with Crippen molar-refractivity contribution in [1.29, 1.82) is 0 Å². The van der Waals surface area contributed by atoms with E-state index in [-0.39, 0.29) is 11.5 Å². The summed E-state index contributed by atoms with van der Waals surface area (Å²) < 4.78 is 13.3. The number of amides is 1. The summed E-state index contributed by atoms with van der Waals surface area (Å²) in [5.41, 5.74) is 2.32. The number of methoxy groups -OCH3 is 1. The van der Waals surface area contributed by atoms with E-state index in [0.29, 0.717) is 56.8 Å². The van der Waals surface area contributed by atoms with Crippen LogP contribution in [0.3, 0.4) is 0 Å². The fraction of sp³-hybridized carbons (Fsp3) is 0.321. The molecule has 0 fully saturated rings. The molecule has 0 aliphatic carbocycles. The van der Waals surface area contributed by atoms with Crippen molar-refractivity contribution in [1.82, 2.24) is 9.47 Å². The molecule has 0 N–H and O–H groups in total. The van der Waals surface area contributed by atoms with Gasteiger partial charge in [0.05, 0.1) is 34.5 Å². The van der Waals surface area contributed by atoms with E-state index in [1.54, 1.807) is 34.8 Å². The number of ether oxygens (including phenoxy) is 2. The Morgan fingerprint density at radius 2 is 1.89 bits per heavy atom. The average Bonchev–Trinajstić information content (AvgIpc) is 3.19. The molecule has 194 valence electrons. The van der Waals surface area contributed by atoms with E-state index in [1.807, 2.05) is 58.0 Å². The predicted molar refractivity (Wildman–Crippen MR) is 147 cm³/mol. The number of nitrogens with zero attached hydrogens (tertiary/aromatic N) is 3. The molecule has 0 radical (unpaired) electrons. The number of halogens is 1. The summed E-state index contributed by atoms with van der Waals surface area (Å²) >= 11 is 7.66. The molecule has 2 heterocycles. The first-order chi connectivity index (χ1) is 17.8. The zero-order chi connectivity index (χ0) is 26.7. The van der Waals surface area contributed by atoms with Crippen LogP contribution >= 0.6 is 22.9 Å². The summed E-state index contributed by atoms with van der Waals surface area (Å²) in [5, 5.41) is 0.471. The lowest BCUT2D eigenvalue weighted by molar-refractivity contribution is -0.127. The van der Waals surface area contributed by atoms with Gasteiger partial charge in [0.15, 0.2) is 4.80 Å². The van der Waals surface area contributed by atoms with Gasteiger partial charge >= 0.3 is 0 Å². The lowest BCUT2D eigenvalue weighted by Crippen LogP contribution is -2.43. The lowest BCUT2D eigenvalue weighted by Gasteiger charge is -2.29. The van der Waals surface area contributed by atoms with Gasteiger partial charge in [-0.15, -0.1) is 0 Å². The molecule has 9 heteroatoms. The quantitative estimate of drug-likeness (QED) is 0.431. The van der Waals surface area contributed by atoms with Crippen molar-refractivity contribution in [3.8, 4) is 11.5 Å². The smallest absolute Gasteiger partial charge is 0.271 e. The van der Waals surface area contributed by atoms with Gasteiger partial charge in [-0.25, -0.2) is 4.99 Å². The van der Waals surface area contributed by atoms with Crippen LogP contribution in [-0.2, 0) is 4.79 Å². The van der Waals surface area contributed by atoms with Gasteiger partial charge in [-0.3, -0.25) is 14.2 Å². The number of rotatable bonds is 8. The second kappa shape index (κ2) is 11.4. The van der Waals surface area contributed by atoms with Crippen molar-refractivity contribution >= 4 is 34.9 Å². The maximum atomic E-state index is 13.9. The van der Waals surface area contributed by atoms with Crippen LogP contribution in [0.15, 0.2) is 63.5 Å². The van der Waals surface area contributed by atoms with Gasteiger partial charge in [0.2, 0.25) is 0 Å². The lowest BCUT2D eigenvalue weighted by atomic mass is 9.94. The summed E-state index contributed by atoms with van der Waals surface area (Å²) in [5.74, 6) is 1.05. The Morgan fingerprint density at radius 3 is 2.54 bits per heavy atom. The number of benzene rings is 2. The molecular weight excluding hydrogens is 510 g/mol. The molecule has 4 rings (SSSR count). The third kappa shape index (κ3) is 5.08. The van der Waals surface area contributed by atoms with Crippen LogP contribution in [0.4, 0.5) is 0 Å². The topological polar surface area (TPSA) is 73.1 Å². The van der Waals surface area contributed by atoms with Crippen molar-refractivity contribution in [3.05, 3.63) is 89.6 Å². The number of para-hydroxylation sites is 1. The van der Waals surface area contributed by atoms with E-state index in [4.69, 9.17) is 26.1 Å². The van der Waals surface area contributed by atoms with Gasteiger partial charge in [0.25, 0.3) is 11.5 Å². The Bertz CT molecular complexity index is 1540. The third-order valence-corrected chi connectivity index (χ3v) is 7.57. The first kappa shape index (κ1) is 26.7. The van der Waals surface area contributed by atoms with E-state index < -0.39 is 6.04 Å². The fourth-order valence-corrected chi connectivity index (χ4v) is 5.78. The van der Waals surface area contributed by atoms with E-state index in [0.717, 1.165) is 11.1 Å². The van der Waals surface area contributed by atoms with E-state index in [9.17, 15) is 9.59 Å². The number of aromatic nitrogens is 1. The minimum atomic E-state index is -0.674. The number of carbonyl (C=O) groups excluding carboxylic acids is 1. The largest absolute Gasteiger partial charge is 0.496 e. The molecule has 0 unspecified atom stereocenters. The van der Waals surface area contributed by atoms with E-state index in [1.165, 1.54) is 11.3 Å². The van der Waals surface area contributed by atoms with Gasteiger partial charge in [0, 0.05) is 18.7 Å². The molecule has 1 atom stereocenters. The Morgan fingerprint density at radius 1 is 1.16 bits per heavy atom. The summed E-state index contributed by atoms with van der Waals surface area (Å²) in [4.78, 5) is 34.6. The minimum absolute atomic E-state index is 0.144. The highest BCUT2D eigenvalue weighted by Crippen LogP contribution is 2.36. The fourth-order valence-electron chi connectivity index (χ4n) is 4.49. The predicted octanol–water partition coefficient (Wildman–Crippen LogP) is 4.16. The van der Waals surface area contributed by atoms with Crippen LogP contribution < -0.4 is 24.4 Å². The maximum Gasteiger partial charge on any atom is 0.271 e. The molecule has 37 heavy (non-hydrogen) atoms. The van der Waals surface area contributed by atoms with Crippen LogP contribution in [0.5, 0.6) is 11.5 Å². The highest BCUT2D eigenvalue weighted by molar-refractivity contribution is 7.07. The third-order valence-electron chi connectivity index (χ3n) is 6.29. The van der Waals surface area contributed by atoms with Crippen LogP contribution in [0.2, 0.25) is 5.02 Å². The van der Waals surface area contributed by atoms with Crippen LogP contribution in [-0.4, -0.2) is 42.2 Å². The van der Waals surface area contributed by atoms with Crippen molar-refractivity contribution < 1.29 is 14.3 Å². The molecule has 3 aromatic rings. The monoisotopic (exact) mass is 539 g/mol. The zero-order valence-corrected chi connectivity index (χ0v) is 23.2. The molecule has 2 aromatic carbocycles. The number of hydrogen-bond donors (Lipinski definition) is 0. The van der Waals surface area contributed by atoms with Gasteiger partial charge in [-0.1, -0.05) is 47.2 Å². The van der Waals surface area contributed by atoms with Crippen molar-refractivity contribution in [2.75, 3.05) is 26.8 Å². The number of thiazole rings is 1. The molecule has 1 aromatic heterocycles. The first-order valence-electron chi connectivity index (χ1n) is 12.2. The van der Waals surface area contributed by atoms with Crippen molar-refractivity contribution in [2.24, 2.45) is 4.99 Å². The number of hydrogen-bond acceptors (Lipinski definition) is 6. The summed E-state index contributed by atoms with van der Waals surface area (Å²) in [6, 6.07) is 12.2. The summed E-state index contributed by atoms with van der Waals surface area (Å²) in [6.07, 6.45) is 1.79. The Labute approximate surface area is 224 Å². The molecule has 1 amide bonds. The molecule has 7 nitrogen and oxygen atoms in total. The first-order valence-corrected chi connectivity index (χ1v) is 13.4. The molecule has 0 saturated heterocycles. The highest BCUT2D eigenvalue weighted by Gasteiger charge is 2.35. The van der Waals surface area contributed by atoms with Crippen molar-refractivity contribution in [3.63, 3.8) is 0 Å². The number of allylic oxidation sites excluding steroid dienone is 1. The van der Waals surface area contributed by atoms with Gasteiger partial charge in [0.1, 0.15) is 17.5 Å². The van der Waals surface area contributed by atoms with Crippen molar-refractivity contribution in [2.45, 2.75) is 33.7 Å². The Balaban J connectivity index is 1.94. The standard InChI is InChI=1S/C28H30ClN3O4S/c1-6-31(7-2)27(34)24-17(4)30-28-32(25(24)19-11-9-10-12-21(19)35-5)26(33)23(37-28)16-18-13-14-22(36-8-3)20(29)15-18/h9-16,25H,6-8H2,1-5H3/b23-16+/t25-/m1/s1. The highest BCUT2D eigenvalue weighted by atomic mass is 35.5. The molecular formula is C28H30ClN3O4S. The average molecular weight is 540 g/mol. The zero-order valence-electron chi connectivity index (χ0n) is 21.6. The van der Waals surface area contributed by atoms with Crippen LogP contribution in [0.25, 0.3) is 6.08 Å². The van der Waals surface area contributed by atoms with E-state index >= 15 is 0 Å².